The largest absolute Gasteiger partial charge is 0.324 e. The normalized spacial score (nSPS) is 12.8. The van der Waals surface area contributed by atoms with Gasteiger partial charge in [-0.2, -0.15) is 5.10 Å². The van der Waals surface area contributed by atoms with Gasteiger partial charge in [-0.25, -0.2) is 9.97 Å². The summed E-state index contributed by atoms with van der Waals surface area (Å²) in [4.78, 5) is 8.69. The van der Waals surface area contributed by atoms with Crippen LogP contribution in [0.15, 0.2) is 18.5 Å². The first-order valence-electron chi connectivity index (χ1n) is 5.17. The molecule has 0 radical (unpaired) electrons. The molecular formula is C11H15N5. The highest BCUT2D eigenvalue weighted by Crippen LogP contribution is 2.16. The summed E-state index contributed by atoms with van der Waals surface area (Å²) in [6.07, 6.45) is 3.64. The minimum Gasteiger partial charge on any atom is -0.324 e. The summed E-state index contributed by atoms with van der Waals surface area (Å²) in [5.74, 6) is 0.641. The van der Waals surface area contributed by atoms with Crippen LogP contribution >= 0.6 is 0 Å². The zero-order valence-corrected chi connectivity index (χ0v) is 9.68. The summed E-state index contributed by atoms with van der Waals surface area (Å²) < 4.78 is 1.73. The number of nitrogens with two attached hydrogens (primary N) is 1. The quantitative estimate of drug-likeness (QED) is 0.820. The molecule has 0 saturated heterocycles. The maximum absolute atomic E-state index is 5.81. The zero-order chi connectivity index (χ0) is 11.7. The third kappa shape index (κ3) is 1.94. The summed E-state index contributed by atoms with van der Waals surface area (Å²) in [5.41, 5.74) is 8.47. The first-order valence-corrected chi connectivity index (χ1v) is 5.17. The van der Waals surface area contributed by atoms with Crippen molar-refractivity contribution in [3.63, 3.8) is 0 Å². The molecular weight excluding hydrogens is 202 g/mol. The highest BCUT2D eigenvalue weighted by Gasteiger charge is 2.09. The van der Waals surface area contributed by atoms with Crippen molar-refractivity contribution >= 4 is 0 Å². The van der Waals surface area contributed by atoms with Crippen molar-refractivity contribution in [2.24, 2.45) is 12.8 Å². The standard InChI is InChI=1S/C11H15N5/c1-7(12)9-6-13-11(14-8(9)2)10-4-5-16(3)15-10/h4-7H,12H2,1-3H3/t7-/m0/s1. The van der Waals surface area contributed by atoms with Crippen LogP contribution in [0.4, 0.5) is 0 Å². The molecule has 2 aromatic heterocycles. The van der Waals surface area contributed by atoms with E-state index in [1.807, 2.05) is 33.2 Å². The summed E-state index contributed by atoms with van der Waals surface area (Å²) in [7, 11) is 1.87. The van der Waals surface area contributed by atoms with E-state index >= 15 is 0 Å². The molecule has 5 heteroatoms. The molecule has 0 aliphatic carbocycles. The lowest BCUT2D eigenvalue weighted by atomic mass is 10.1. The van der Waals surface area contributed by atoms with Gasteiger partial charge >= 0.3 is 0 Å². The van der Waals surface area contributed by atoms with Gasteiger partial charge in [-0.1, -0.05) is 0 Å². The molecule has 2 heterocycles. The average molecular weight is 217 g/mol. The number of hydrogen-bond donors (Lipinski definition) is 1. The first kappa shape index (κ1) is 10.8. The van der Waals surface area contributed by atoms with Crippen molar-refractivity contribution in [3.8, 4) is 11.5 Å². The van der Waals surface area contributed by atoms with E-state index in [2.05, 4.69) is 15.1 Å². The van der Waals surface area contributed by atoms with Gasteiger partial charge in [0, 0.05) is 36.7 Å². The van der Waals surface area contributed by atoms with E-state index < -0.39 is 0 Å². The maximum atomic E-state index is 5.81. The smallest absolute Gasteiger partial charge is 0.180 e. The molecule has 0 amide bonds. The minimum absolute atomic E-state index is 0.0437. The molecule has 0 bridgehead atoms. The molecule has 0 spiro atoms. The van der Waals surface area contributed by atoms with Gasteiger partial charge in [-0.05, 0) is 19.9 Å². The molecule has 16 heavy (non-hydrogen) atoms. The van der Waals surface area contributed by atoms with Gasteiger partial charge in [0.2, 0.25) is 0 Å². The Kier molecular flexibility index (Phi) is 2.70. The van der Waals surface area contributed by atoms with Crippen LogP contribution < -0.4 is 5.73 Å². The van der Waals surface area contributed by atoms with E-state index in [0.717, 1.165) is 17.0 Å². The summed E-state index contributed by atoms with van der Waals surface area (Å²) in [6, 6.07) is 1.85. The van der Waals surface area contributed by atoms with E-state index in [1.54, 1.807) is 10.9 Å². The van der Waals surface area contributed by atoms with Crippen molar-refractivity contribution in [1.29, 1.82) is 0 Å². The van der Waals surface area contributed by atoms with E-state index in [1.165, 1.54) is 0 Å². The minimum atomic E-state index is -0.0437. The van der Waals surface area contributed by atoms with Gasteiger partial charge in [-0.3, -0.25) is 4.68 Å². The Morgan fingerprint density at radius 2 is 2.19 bits per heavy atom. The van der Waals surface area contributed by atoms with Crippen molar-refractivity contribution in [1.82, 2.24) is 19.7 Å². The Balaban J connectivity index is 2.42. The summed E-state index contributed by atoms with van der Waals surface area (Å²) >= 11 is 0. The number of hydrogen-bond acceptors (Lipinski definition) is 4. The maximum Gasteiger partial charge on any atom is 0.180 e. The van der Waals surface area contributed by atoms with Gasteiger partial charge < -0.3 is 5.73 Å². The Morgan fingerprint density at radius 3 is 2.69 bits per heavy atom. The first-order chi connectivity index (χ1) is 7.58. The lowest BCUT2D eigenvalue weighted by Gasteiger charge is -2.08. The summed E-state index contributed by atoms with van der Waals surface area (Å²) in [6.45, 7) is 3.86. The third-order valence-corrected chi connectivity index (χ3v) is 2.45. The molecule has 84 valence electrons. The fraction of sp³-hybridized carbons (Fsp3) is 0.364. The second-order valence-corrected chi connectivity index (χ2v) is 3.90. The highest BCUT2D eigenvalue weighted by molar-refractivity contribution is 5.48. The van der Waals surface area contributed by atoms with Gasteiger partial charge in [-0.15, -0.1) is 0 Å². The monoisotopic (exact) mass is 217 g/mol. The third-order valence-electron chi connectivity index (χ3n) is 2.45. The van der Waals surface area contributed by atoms with Gasteiger partial charge in [0.05, 0.1) is 0 Å². The van der Waals surface area contributed by atoms with Crippen LogP contribution in [0.25, 0.3) is 11.5 Å². The molecule has 0 fully saturated rings. The Morgan fingerprint density at radius 1 is 1.44 bits per heavy atom. The number of aromatic nitrogens is 4. The lowest BCUT2D eigenvalue weighted by Crippen LogP contribution is -2.09. The molecule has 0 aliphatic rings. The molecule has 0 aliphatic heterocycles. The van der Waals surface area contributed by atoms with E-state index in [-0.39, 0.29) is 6.04 Å². The second kappa shape index (κ2) is 4.02. The van der Waals surface area contributed by atoms with Crippen LogP contribution in [0.3, 0.4) is 0 Å². The average Bonchev–Trinajstić information content (AvgIpc) is 2.64. The molecule has 0 saturated carbocycles. The van der Waals surface area contributed by atoms with Crippen molar-refractivity contribution in [2.45, 2.75) is 19.9 Å². The number of nitrogens with zero attached hydrogens (tertiary/aromatic N) is 4. The molecule has 2 N–H and O–H groups in total. The Hall–Kier alpha value is -1.75. The summed E-state index contributed by atoms with van der Waals surface area (Å²) in [5, 5.41) is 4.26. The Labute approximate surface area is 94.3 Å². The fourth-order valence-corrected chi connectivity index (χ4v) is 1.58. The van der Waals surface area contributed by atoms with E-state index in [0.29, 0.717) is 5.82 Å². The van der Waals surface area contributed by atoms with Crippen LogP contribution in [0.1, 0.15) is 24.2 Å². The van der Waals surface area contributed by atoms with Gasteiger partial charge in [0.25, 0.3) is 0 Å². The lowest BCUT2D eigenvalue weighted by molar-refractivity contribution is 0.765. The number of aryl methyl sites for hydroxylation is 2. The van der Waals surface area contributed by atoms with Crippen molar-refractivity contribution in [2.75, 3.05) is 0 Å². The predicted octanol–water partition coefficient (Wildman–Crippen LogP) is 1.21. The topological polar surface area (TPSA) is 69.6 Å². The molecule has 2 rings (SSSR count). The van der Waals surface area contributed by atoms with Crippen molar-refractivity contribution < 1.29 is 0 Å². The molecule has 0 aromatic carbocycles. The van der Waals surface area contributed by atoms with Crippen LogP contribution in [-0.2, 0) is 7.05 Å². The molecule has 1 atom stereocenters. The van der Waals surface area contributed by atoms with E-state index in [9.17, 15) is 0 Å². The second-order valence-electron chi connectivity index (χ2n) is 3.90. The van der Waals surface area contributed by atoms with Crippen LogP contribution in [0.5, 0.6) is 0 Å². The van der Waals surface area contributed by atoms with Crippen LogP contribution in [0, 0.1) is 6.92 Å². The SMILES string of the molecule is Cc1nc(-c2ccn(C)n2)ncc1[C@H](C)N. The fourth-order valence-electron chi connectivity index (χ4n) is 1.58. The van der Waals surface area contributed by atoms with E-state index in [4.69, 9.17) is 5.73 Å². The highest BCUT2D eigenvalue weighted by atomic mass is 15.3. The Bertz CT molecular complexity index is 501. The van der Waals surface area contributed by atoms with Crippen LogP contribution in [0.2, 0.25) is 0 Å². The van der Waals surface area contributed by atoms with Crippen molar-refractivity contribution in [3.05, 3.63) is 29.7 Å². The zero-order valence-electron chi connectivity index (χ0n) is 9.68. The molecule has 0 unspecified atom stereocenters. The van der Waals surface area contributed by atoms with Gasteiger partial charge in [0.1, 0.15) is 5.69 Å². The number of rotatable bonds is 2. The predicted molar refractivity (Wildman–Crippen MR) is 61.6 cm³/mol. The molecule has 2 aromatic rings. The molecule has 5 nitrogen and oxygen atoms in total. The van der Waals surface area contributed by atoms with Gasteiger partial charge in [0.15, 0.2) is 5.82 Å². The van der Waals surface area contributed by atoms with Crippen LogP contribution in [-0.4, -0.2) is 19.7 Å².